The number of nitrogens with one attached hydrogen (secondary N) is 1. The lowest BCUT2D eigenvalue weighted by Gasteiger charge is -2.44. The highest BCUT2D eigenvalue weighted by Crippen LogP contribution is 2.37. The molecule has 8 heteroatoms. The summed E-state index contributed by atoms with van der Waals surface area (Å²) >= 11 is 0. The molecular formula is C21H26N6O2. The van der Waals surface area contributed by atoms with Crippen LogP contribution in [0.2, 0.25) is 0 Å². The van der Waals surface area contributed by atoms with E-state index in [0.29, 0.717) is 30.5 Å². The van der Waals surface area contributed by atoms with Crippen molar-refractivity contribution in [3.63, 3.8) is 0 Å². The molecule has 3 atom stereocenters. The van der Waals surface area contributed by atoms with Crippen LogP contribution in [-0.2, 0) is 11.3 Å². The molecule has 2 aromatic rings. The summed E-state index contributed by atoms with van der Waals surface area (Å²) < 4.78 is 1.89. The predicted octanol–water partition coefficient (Wildman–Crippen LogP) is 0.833. The van der Waals surface area contributed by atoms with E-state index in [4.69, 9.17) is 5.73 Å². The number of carbonyl (C=O) groups is 1. The Bertz CT molecular complexity index is 997. The smallest absolute Gasteiger partial charge is 0.251 e. The van der Waals surface area contributed by atoms with Crippen LogP contribution in [0.4, 0.5) is 5.82 Å². The number of carbonyl (C=O) groups excluding carboxylic acids is 1. The van der Waals surface area contributed by atoms with Crippen molar-refractivity contribution < 1.29 is 4.79 Å². The number of fused-ring (bicyclic) bond motifs is 4. The average molecular weight is 394 g/mol. The van der Waals surface area contributed by atoms with Crippen molar-refractivity contribution >= 4 is 11.7 Å². The van der Waals surface area contributed by atoms with Gasteiger partial charge in [0.15, 0.2) is 0 Å². The molecule has 0 spiro atoms. The molecule has 1 amide bonds. The monoisotopic (exact) mass is 394 g/mol. The first-order valence-electron chi connectivity index (χ1n) is 10.4. The summed E-state index contributed by atoms with van der Waals surface area (Å²) in [6.45, 7) is 3.88. The molecule has 29 heavy (non-hydrogen) atoms. The molecule has 3 aliphatic heterocycles. The largest absolute Gasteiger partial charge is 0.384 e. The molecule has 5 rings (SSSR count). The van der Waals surface area contributed by atoms with E-state index in [1.54, 1.807) is 12.1 Å². The van der Waals surface area contributed by atoms with Crippen LogP contribution in [0.25, 0.3) is 11.3 Å². The van der Waals surface area contributed by atoms with Crippen molar-refractivity contribution in [3.8, 4) is 11.3 Å². The minimum atomic E-state index is -0.0133. The lowest BCUT2D eigenvalue weighted by Crippen LogP contribution is -2.52. The highest BCUT2D eigenvalue weighted by atomic mass is 16.2. The second kappa shape index (κ2) is 7.26. The second-order valence-corrected chi connectivity index (χ2v) is 8.53. The number of hydrogen-bond donors (Lipinski definition) is 2. The fourth-order valence-electron chi connectivity index (χ4n) is 5.14. The Kier molecular flexibility index (Phi) is 4.58. The Labute approximate surface area is 169 Å². The van der Waals surface area contributed by atoms with Gasteiger partial charge in [-0.2, -0.15) is 0 Å². The zero-order chi connectivity index (χ0) is 20.0. The molecule has 0 saturated carbocycles. The van der Waals surface area contributed by atoms with Crippen LogP contribution >= 0.6 is 0 Å². The quantitative estimate of drug-likeness (QED) is 0.782. The number of rotatable bonds is 2. The van der Waals surface area contributed by atoms with Gasteiger partial charge < -0.3 is 20.5 Å². The molecule has 3 aliphatic rings. The number of nitrogens with two attached hydrogens (primary N) is 1. The van der Waals surface area contributed by atoms with E-state index in [0.717, 1.165) is 50.2 Å². The summed E-state index contributed by atoms with van der Waals surface area (Å²) in [5, 5.41) is 3.34. The highest BCUT2D eigenvalue weighted by molar-refractivity contribution is 5.79. The van der Waals surface area contributed by atoms with Gasteiger partial charge in [0.05, 0.1) is 11.6 Å². The fraction of sp³-hybridized carbons (Fsp3) is 0.524. The van der Waals surface area contributed by atoms with E-state index in [-0.39, 0.29) is 23.3 Å². The van der Waals surface area contributed by atoms with Gasteiger partial charge in [0.25, 0.3) is 5.56 Å². The summed E-state index contributed by atoms with van der Waals surface area (Å²) in [4.78, 5) is 36.2. The molecule has 0 unspecified atom stereocenters. The van der Waals surface area contributed by atoms with Gasteiger partial charge in [-0.3, -0.25) is 9.59 Å². The molecule has 2 bridgehead atoms. The lowest BCUT2D eigenvalue weighted by atomic mass is 9.82. The van der Waals surface area contributed by atoms with Crippen LogP contribution in [0, 0.1) is 11.8 Å². The van der Waals surface area contributed by atoms with E-state index < -0.39 is 0 Å². The molecule has 2 fully saturated rings. The van der Waals surface area contributed by atoms with Gasteiger partial charge in [0, 0.05) is 55.5 Å². The topological polar surface area (TPSA) is 106 Å². The molecule has 0 aromatic carbocycles. The van der Waals surface area contributed by atoms with Gasteiger partial charge in [-0.15, -0.1) is 0 Å². The van der Waals surface area contributed by atoms with Crippen molar-refractivity contribution in [3.05, 3.63) is 40.6 Å². The predicted molar refractivity (Wildman–Crippen MR) is 109 cm³/mol. The van der Waals surface area contributed by atoms with Gasteiger partial charge in [-0.1, -0.05) is 0 Å². The number of piperidine rings is 2. The van der Waals surface area contributed by atoms with E-state index in [1.807, 2.05) is 15.5 Å². The van der Waals surface area contributed by atoms with Crippen LogP contribution in [0.5, 0.6) is 0 Å². The number of pyridine rings is 1. The third kappa shape index (κ3) is 3.42. The minimum absolute atomic E-state index is 0.0133. The molecule has 2 saturated heterocycles. The number of nitrogens with zero attached hydrogens (tertiary/aromatic N) is 4. The van der Waals surface area contributed by atoms with Crippen LogP contribution in [0.3, 0.4) is 0 Å². The van der Waals surface area contributed by atoms with Gasteiger partial charge in [-0.25, -0.2) is 9.97 Å². The van der Waals surface area contributed by atoms with Crippen molar-refractivity contribution in [2.24, 2.45) is 11.8 Å². The van der Waals surface area contributed by atoms with Crippen molar-refractivity contribution in [1.29, 1.82) is 0 Å². The average Bonchev–Trinajstić information content (AvgIpc) is 2.74. The van der Waals surface area contributed by atoms with Crippen LogP contribution in [0.1, 0.15) is 30.9 Å². The van der Waals surface area contributed by atoms with Crippen molar-refractivity contribution in [2.45, 2.75) is 31.7 Å². The summed E-state index contributed by atoms with van der Waals surface area (Å²) in [6, 6.07) is 5.35. The van der Waals surface area contributed by atoms with Crippen molar-refractivity contribution in [1.82, 2.24) is 24.8 Å². The maximum atomic E-state index is 13.1. The van der Waals surface area contributed by atoms with Crippen LogP contribution in [-0.4, -0.2) is 51.5 Å². The van der Waals surface area contributed by atoms with E-state index in [1.165, 1.54) is 6.33 Å². The number of hydrogen-bond acceptors (Lipinski definition) is 6. The third-order valence-corrected chi connectivity index (χ3v) is 6.50. The molecule has 8 nitrogen and oxygen atoms in total. The first kappa shape index (κ1) is 18.3. The third-order valence-electron chi connectivity index (χ3n) is 6.50. The van der Waals surface area contributed by atoms with E-state index in [2.05, 4.69) is 15.3 Å². The standard InChI is InChI=1S/C21H26N6O2/c22-19-7-17(24-12-25-19)15-5-18-16-4-13(10-27(18)20(28)6-15)9-26(11-16)21(29)14-2-1-3-23-8-14/h5-7,12-14,16,23H,1-4,8-11H2,(H2,22,24,25)/t13-,14-,16+/m0/s1. The SMILES string of the molecule is Nc1cc(-c2cc3n(c(=O)c2)C[C@H]2C[C@@H]3CN(C(=O)[C@H]3CCCNC3)C2)ncn1. The van der Waals surface area contributed by atoms with E-state index >= 15 is 0 Å². The molecule has 3 N–H and O–H groups in total. The fourth-order valence-corrected chi connectivity index (χ4v) is 5.14. The Balaban J connectivity index is 1.45. The number of aromatic nitrogens is 3. The lowest BCUT2D eigenvalue weighted by molar-refractivity contribution is -0.138. The van der Waals surface area contributed by atoms with E-state index in [9.17, 15) is 9.59 Å². The Hall–Kier alpha value is -2.74. The van der Waals surface area contributed by atoms with Crippen LogP contribution in [0.15, 0.2) is 29.3 Å². The van der Waals surface area contributed by atoms with Gasteiger partial charge >= 0.3 is 0 Å². The molecule has 0 radical (unpaired) electrons. The van der Waals surface area contributed by atoms with Gasteiger partial charge in [-0.05, 0) is 37.8 Å². The normalized spacial score (nSPS) is 26.1. The Morgan fingerprint density at radius 1 is 1.17 bits per heavy atom. The Morgan fingerprint density at radius 3 is 2.86 bits per heavy atom. The summed E-state index contributed by atoms with van der Waals surface area (Å²) in [5.74, 6) is 1.24. The number of anilines is 1. The summed E-state index contributed by atoms with van der Waals surface area (Å²) in [5.41, 5.74) is 8.19. The zero-order valence-electron chi connectivity index (χ0n) is 16.4. The maximum Gasteiger partial charge on any atom is 0.251 e. The number of nitrogen functional groups attached to an aromatic ring is 1. The van der Waals surface area contributed by atoms with Gasteiger partial charge in [0.2, 0.25) is 5.91 Å². The summed E-state index contributed by atoms with van der Waals surface area (Å²) in [7, 11) is 0. The number of amides is 1. The van der Waals surface area contributed by atoms with Gasteiger partial charge in [0.1, 0.15) is 12.1 Å². The number of likely N-dealkylation sites (tertiary alicyclic amines) is 1. The second-order valence-electron chi connectivity index (χ2n) is 8.53. The van der Waals surface area contributed by atoms with Crippen LogP contribution < -0.4 is 16.6 Å². The molecular weight excluding hydrogens is 368 g/mol. The van der Waals surface area contributed by atoms with Crippen molar-refractivity contribution in [2.75, 3.05) is 31.9 Å². The highest BCUT2D eigenvalue weighted by Gasteiger charge is 2.38. The summed E-state index contributed by atoms with van der Waals surface area (Å²) in [6.07, 6.45) is 4.45. The first-order valence-corrected chi connectivity index (χ1v) is 10.4. The molecule has 0 aliphatic carbocycles. The zero-order valence-corrected chi connectivity index (χ0v) is 16.4. The molecule has 152 valence electrons. The molecule has 2 aromatic heterocycles. The maximum absolute atomic E-state index is 13.1. The molecule has 5 heterocycles. The minimum Gasteiger partial charge on any atom is -0.384 e. The first-order chi connectivity index (χ1) is 14.1. The Morgan fingerprint density at radius 2 is 2.07 bits per heavy atom.